The van der Waals surface area contributed by atoms with Gasteiger partial charge in [-0.2, -0.15) is 0 Å². The fraction of sp³-hybridized carbons (Fsp3) is 0.188. The van der Waals surface area contributed by atoms with Crippen molar-refractivity contribution < 1.29 is 4.74 Å². The number of aryl methyl sites for hydroxylation is 1. The van der Waals surface area contributed by atoms with Crippen molar-refractivity contribution in [2.24, 2.45) is 0 Å². The molecular weight excluding hydrogens is 307 g/mol. The summed E-state index contributed by atoms with van der Waals surface area (Å²) in [6, 6.07) is 11.7. The lowest BCUT2D eigenvalue weighted by Crippen LogP contribution is -2.00. The highest BCUT2D eigenvalue weighted by molar-refractivity contribution is 6.32. The van der Waals surface area contributed by atoms with Crippen molar-refractivity contribution in [3.63, 3.8) is 0 Å². The minimum atomic E-state index is 0.307. The zero-order valence-electron chi connectivity index (χ0n) is 11.7. The van der Waals surface area contributed by atoms with Crippen molar-refractivity contribution in [1.82, 2.24) is 9.55 Å². The Bertz CT molecular complexity index is 811. The summed E-state index contributed by atoms with van der Waals surface area (Å²) >= 11 is 12.4. The molecule has 1 heterocycles. The lowest BCUT2D eigenvalue weighted by Gasteiger charge is -2.10. The molecule has 0 N–H and O–H groups in total. The van der Waals surface area contributed by atoms with Crippen LogP contribution in [0.1, 0.15) is 11.4 Å². The fourth-order valence-corrected chi connectivity index (χ4v) is 2.89. The lowest BCUT2D eigenvalue weighted by atomic mass is 10.2. The van der Waals surface area contributed by atoms with Gasteiger partial charge in [-0.1, -0.05) is 17.7 Å². The van der Waals surface area contributed by atoms with Gasteiger partial charge in [-0.3, -0.25) is 4.57 Å². The number of methoxy groups -OCH3 is 1. The molecule has 0 bridgehead atoms. The summed E-state index contributed by atoms with van der Waals surface area (Å²) in [6.45, 7) is 2.01. The van der Waals surface area contributed by atoms with Gasteiger partial charge in [0.1, 0.15) is 11.6 Å². The third kappa shape index (κ3) is 2.47. The van der Waals surface area contributed by atoms with Gasteiger partial charge in [-0.25, -0.2) is 4.98 Å². The maximum atomic E-state index is 6.39. The molecule has 3 rings (SSSR count). The van der Waals surface area contributed by atoms with E-state index in [4.69, 9.17) is 27.9 Å². The normalized spacial score (nSPS) is 11.0. The summed E-state index contributed by atoms with van der Waals surface area (Å²) in [5, 5.41) is 0.677. The van der Waals surface area contributed by atoms with Crippen LogP contribution >= 0.6 is 23.2 Å². The van der Waals surface area contributed by atoms with Crippen LogP contribution in [-0.2, 0) is 5.88 Å². The average Bonchev–Trinajstić information content (AvgIpc) is 2.84. The van der Waals surface area contributed by atoms with Crippen LogP contribution in [0.4, 0.5) is 0 Å². The first-order valence-electron chi connectivity index (χ1n) is 6.52. The highest BCUT2D eigenvalue weighted by Gasteiger charge is 2.14. The first-order valence-corrected chi connectivity index (χ1v) is 7.43. The van der Waals surface area contributed by atoms with Crippen LogP contribution in [0.15, 0.2) is 36.4 Å². The zero-order chi connectivity index (χ0) is 15.0. The molecule has 108 valence electrons. The molecule has 1 aromatic heterocycles. The average molecular weight is 321 g/mol. The van der Waals surface area contributed by atoms with Crippen molar-refractivity contribution >= 4 is 34.2 Å². The molecule has 0 atom stereocenters. The maximum absolute atomic E-state index is 6.39. The molecule has 3 aromatic rings. The van der Waals surface area contributed by atoms with E-state index >= 15 is 0 Å². The Labute approximate surface area is 133 Å². The van der Waals surface area contributed by atoms with E-state index in [2.05, 4.69) is 4.98 Å². The molecule has 0 aliphatic carbocycles. The topological polar surface area (TPSA) is 27.1 Å². The van der Waals surface area contributed by atoms with Crippen molar-refractivity contribution in [1.29, 1.82) is 0 Å². The van der Waals surface area contributed by atoms with Crippen LogP contribution < -0.4 is 4.74 Å². The molecule has 0 unspecified atom stereocenters. The van der Waals surface area contributed by atoms with Gasteiger partial charge in [-0.05, 0) is 36.8 Å². The third-order valence-corrected chi connectivity index (χ3v) is 3.94. The van der Waals surface area contributed by atoms with Crippen LogP contribution in [0.5, 0.6) is 5.75 Å². The molecule has 0 spiro atoms. The number of fused-ring (bicyclic) bond motifs is 1. The Morgan fingerprint density at radius 3 is 2.67 bits per heavy atom. The summed E-state index contributed by atoms with van der Waals surface area (Å²) in [7, 11) is 1.64. The highest BCUT2D eigenvalue weighted by atomic mass is 35.5. The second kappa shape index (κ2) is 5.58. The van der Waals surface area contributed by atoms with Crippen LogP contribution in [0.25, 0.3) is 16.7 Å². The van der Waals surface area contributed by atoms with Gasteiger partial charge >= 0.3 is 0 Å². The van der Waals surface area contributed by atoms with Crippen LogP contribution in [-0.4, -0.2) is 16.7 Å². The minimum absolute atomic E-state index is 0.307. The van der Waals surface area contributed by atoms with Crippen molar-refractivity contribution in [3.05, 3.63) is 52.8 Å². The molecule has 0 amide bonds. The first-order chi connectivity index (χ1) is 10.1. The maximum Gasteiger partial charge on any atom is 0.129 e. The van der Waals surface area contributed by atoms with Crippen molar-refractivity contribution in [3.8, 4) is 11.4 Å². The van der Waals surface area contributed by atoms with E-state index in [0.29, 0.717) is 10.9 Å². The summed E-state index contributed by atoms with van der Waals surface area (Å²) < 4.78 is 7.23. The first kappa shape index (κ1) is 14.2. The smallest absolute Gasteiger partial charge is 0.129 e. The Kier molecular flexibility index (Phi) is 3.79. The highest BCUT2D eigenvalue weighted by Crippen LogP contribution is 2.30. The second-order valence-corrected chi connectivity index (χ2v) is 5.48. The van der Waals surface area contributed by atoms with Gasteiger partial charge in [0.15, 0.2) is 0 Å². The Morgan fingerprint density at radius 1 is 1.19 bits per heavy atom. The quantitative estimate of drug-likeness (QED) is 0.652. The summed E-state index contributed by atoms with van der Waals surface area (Å²) in [5.41, 5.74) is 3.78. The van der Waals surface area contributed by atoms with Crippen LogP contribution in [0.3, 0.4) is 0 Å². The monoisotopic (exact) mass is 320 g/mol. The number of rotatable bonds is 3. The molecular formula is C16H14Cl2N2O. The minimum Gasteiger partial charge on any atom is -0.497 e. The Hall–Kier alpha value is -1.71. The number of nitrogens with zero attached hydrogens (tertiary/aromatic N) is 2. The van der Waals surface area contributed by atoms with Crippen LogP contribution in [0.2, 0.25) is 5.02 Å². The van der Waals surface area contributed by atoms with Gasteiger partial charge < -0.3 is 4.74 Å². The van der Waals surface area contributed by atoms with Gasteiger partial charge in [0.05, 0.1) is 34.7 Å². The zero-order valence-corrected chi connectivity index (χ0v) is 13.2. The van der Waals surface area contributed by atoms with Gasteiger partial charge in [0.2, 0.25) is 0 Å². The van der Waals surface area contributed by atoms with E-state index in [1.165, 1.54) is 0 Å². The van der Waals surface area contributed by atoms with E-state index < -0.39 is 0 Å². The largest absolute Gasteiger partial charge is 0.497 e. The van der Waals surface area contributed by atoms with Crippen LogP contribution in [0, 0.1) is 6.92 Å². The molecule has 3 nitrogen and oxygen atoms in total. The molecule has 0 radical (unpaired) electrons. The standard InChI is InChI=1S/C16H14Cl2N2O/c1-10-3-5-14(12(18)7-10)20-15-6-4-11(21-2)8-13(15)19-16(20)9-17/h3-8H,9H2,1-2H3. The third-order valence-electron chi connectivity index (χ3n) is 3.39. The van der Waals surface area contributed by atoms with Gasteiger partial charge in [0, 0.05) is 6.07 Å². The molecule has 0 aliphatic rings. The van der Waals surface area contributed by atoms with E-state index in [9.17, 15) is 0 Å². The molecule has 0 fully saturated rings. The SMILES string of the molecule is COc1ccc2c(c1)nc(CCl)n2-c1ccc(C)cc1Cl. The summed E-state index contributed by atoms with van der Waals surface area (Å²) in [4.78, 5) is 4.57. The van der Waals surface area contributed by atoms with E-state index in [1.807, 2.05) is 47.9 Å². The summed E-state index contributed by atoms with van der Waals surface area (Å²) in [5.74, 6) is 1.83. The molecule has 0 saturated heterocycles. The number of ether oxygens (including phenoxy) is 1. The number of hydrogen-bond acceptors (Lipinski definition) is 2. The number of hydrogen-bond donors (Lipinski definition) is 0. The Morgan fingerprint density at radius 2 is 2.00 bits per heavy atom. The van der Waals surface area contributed by atoms with E-state index in [0.717, 1.165) is 33.9 Å². The van der Waals surface area contributed by atoms with Crippen molar-refractivity contribution in [2.45, 2.75) is 12.8 Å². The number of aromatic nitrogens is 2. The molecule has 21 heavy (non-hydrogen) atoms. The second-order valence-electron chi connectivity index (χ2n) is 4.81. The van der Waals surface area contributed by atoms with E-state index in [1.54, 1.807) is 7.11 Å². The summed E-state index contributed by atoms with van der Waals surface area (Å²) in [6.07, 6.45) is 0. The van der Waals surface area contributed by atoms with E-state index in [-0.39, 0.29) is 0 Å². The predicted octanol–water partition coefficient (Wildman–Crippen LogP) is 4.73. The Balaban J connectivity index is 2.29. The van der Waals surface area contributed by atoms with Gasteiger partial charge in [-0.15, -0.1) is 11.6 Å². The number of imidazole rings is 1. The molecule has 0 aliphatic heterocycles. The lowest BCUT2D eigenvalue weighted by molar-refractivity contribution is 0.415. The number of halogens is 2. The molecule has 2 aromatic carbocycles. The van der Waals surface area contributed by atoms with Gasteiger partial charge in [0.25, 0.3) is 0 Å². The number of alkyl halides is 1. The number of benzene rings is 2. The molecule has 5 heteroatoms. The van der Waals surface area contributed by atoms with Crippen molar-refractivity contribution in [2.75, 3.05) is 7.11 Å². The fourth-order valence-electron chi connectivity index (χ4n) is 2.39. The molecule has 0 saturated carbocycles. The predicted molar refractivity (Wildman–Crippen MR) is 86.9 cm³/mol.